The summed E-state index contributed by atoms with van der Waals surface area (Å²) < 4.78 is 5.79. The third-order valence-electron chi connectivity index (χ3n) is 3.99. The second kappa shape index (κ2) is 14.8. The van der Waals surface area contributed by atoms with Crippen LogP contribution in [0.1, 0.15) is 54.4 Å². The minimum Gasteiger partial charge on any atom is -0.378 e. The van der Waals surface area contributed by atoms with Crippen molar-refractivity contribution in [2.45, 2.75) is 60.5 Å². The Kier molecular flexibility index (Phi) is 14.2. The summed E-state index contributed by atoms with van der Waals surface area (Å²) >= 11 is 0. The van der Waals surface area contributed by atoms with Gasteiger partial charge < -0.3 is 20.3 Å². The van der Waals surface area contributed by atoms with E-state index < -0.39 is 0 Å². The lowest BCUT2D eigenvalue weighted by molar-refractivity contribution is 0.0258. The molecule has 0 fully saturated rings. The number of rotatable bonds is 13. The zero-order valence-electron chi connectivity index (χ0n) is 16.3. The molecule has 0 aromatic heterocycles. The first kappa shape index (κ1) is 22.2. The van der Waals surface area contributed by atoms with Crippen LogP contribution in [0.25, 0.3) is 0 Å². The zero-order chi connectivity index (χ0) is 17.5. The van der Waals surface area contributed by atoms with Gasteiger partial charge in [-0.1, -0.05) is 27.7 Å². The van der Waals surface area contributed by atoms with E-state index in [-0.39, 0.29) is 0 Å². The predicted molar refractivity (Wildman–Crippen MR) is 101 cm³/mol. The van der Waals surface area contributed by atoms with E-state index in [2.05, 4.69) is 62.1 Å². The van der Waals surface area contributed by atoms with Crippen LogP contribution in [0.2, 0.25) is 0 Å². The van der Waals surface area contributed by atoms with Gasteiger partial charge in [0.05, 0.1) is 6.10 Å². The van der Waals surface area contributed by atoms with Gasteiger partial charge in [-0.05, 0) is 52.2 Å². The molecular formula is C18H40N4O. The minimum atomic E-state index is 0.318. The molecule has 0 radical (unpaired) electrons. The van der Waals surface area contributed by atoms with E-state index in [1.165, 1.54) is 0 Å². The van der Waals surface area contributed by atoms with E-state index in [4.69, 9.17) is 4.74 Å². The molecule has 0 aromatic rings. The van der Waals surface area contributed by atoms with Crippen LogP contribution in [-0.4, -0.2) is 62.8 Å². The van der Waals surface area contributed by atoms with Gasteiger partial charge >= 0.3 is 0 Å². The Bertz CT molecular complexity index is 291. The Balaban J connectivity index is 4.15. The fourth-order valence-corrected chi connectivity index (χ4v) is 2.52. The quantitative estimate of drug-likeness (QED) is 0.310. The van der Waals surface area contributed by atoms with Gasteiger partial charge in [0.15, 0.2) is 5.96 Å². The van der Waals surface area contributed by atoms with Crippen LogP contribution in [0.15, 0.2) is 4.99 Å². The van der Waals surface area contributed by atoms with E-state index in [1.807, 2.05) is 0 Å². The molecule has 23 heavy (non-hydrogen) atoms. The number of ether oxygens (including phenoxy) is 1. The summed E-state index contributed by atoms with van der Waals surface area (Å²) in [6, 6.07) is 0. The molecule has 2 N–H and O–H groups in total. The molecule has 0 bridgehead atoms. The fourth-order valence-electron chi connectivity index (χ4n) is 2.52. The van der Waals surface area contributed by atoms with E-state index >= 15 is 0 Å². The fraction of sp³-hybridized carbons (Fsp3) is 0.944. The highest BCUT2D eigenvalue weighted by molar-refractivity contribution is 5.79. The van der Waals surface area contributed by atoms with Gasteiger partial charge in [0, 0.05) is 26.2 Å². The van der Waals surface area contributed by atoms with Crippen molar-refractivity contribution in [1.29, 1.82) is 0 Å². The van der Waals surface area contributed by atoms with Gasteiger partial charge in [0.1, 0.15) is 0 Å². The predicted octanol–water partition coefficient (Wildman–Crippen LogP) is 2.72. The molecule has 0 amide bonds. The topological polar surface area (TPSA) is 48.9 Å². The zero-order valence-corrected chi connectivity index (χ0v) is 16.3. The van der Waals surface area contributed by atoms with Crippen LogP contribution >= 0.6 is 0 Å². The van der Waals surface area contributed by atoms with Crippen LogP contribution < -0.4 is 10.6 Å². The largest absolute Gasteiger partial charge is 0.378 e. The van der Waals surface area contributed by atoms with Crippen LogP contribution in [0.5, 0.6) is 0 Å². The monoisotopic (exact) mass is 328 g/mol. The summed E-state index contributed by atoms with van der Waals surface area (Å²) in [4.78, 5) is 7.10. The Morgan fingerprint density at radius 3 is 2.30 bits per heavy atom. The number of hydrogen-bond acceptors (Lipinski definition) is 3. The molecule has 5 heteroatoms. The van der Waals surface area contributed by atoms with Crippen molar-refractivity contribution in [3.8, 4) is 0 Å². The average Bonchev–Trinajstić information content (AvgIpc) is 2.53. The second-order valence-electron chi connectivity index (χ2n) is 6.09. The van der Waals surface area contributed by atoms with Gasteiger partial charge in [-0.25, -0.2) is 0 Å². The van der Waals surface area contributed by atoms with Crippen molar-refractivity contribution in [3.05, 3.63) is 0 Å². The van der Waals surface area contributed by atoms with Crippen LogP contribution in [-0.2, 0) is 4.74 Å². The molecule has 0 aliphatic carbocycles. The van der Waals surface area contributed by atoms with Crippen molar-refractivity contribution in [2.75, 3.05) is 45.9 Å². The maximum Gasteiger partial charge on any atom is 0.191 e. The summed E-state index contributed by atoms with van der Waals surface area (Å²) in [5.41, 5.74) is 0. The molecule has 0 rings (SSSR count). The third kappa shape index (κ3) is 11.4. The van der Waals surface area contributed by atoms with E-state index in [1.54, 1.807) is 0 Å². The highest BCUT2D eigenvalue weighted by Crippen LogP contribution is 2.09. The molecule has 0 aliphatic rings. The minimum absolute atomic E-state index is 0.318. The van der Waals surface area contributed by atoms with Crippen LogP contribution in [0, 0.1) is 5.92 Å². The molecule has 138 valence electrons. The standard InChI is InChI=1S/C18H40N4O/c1-7-19-18(20-13-11-15-22(8-2)9-3)21-14-12-17(16(5)6)23-10-4/h16-17H,7-15H2,1-6H3,(H2,19,20,21). The summed E-state index contributed by atoms with van der Waals surface area (Å²) in [6.07, 6.45) is 2.43. The summed E-state index contributed by atoms with van der Waals surface area (Å²) in [5.74, 6) is 1.47. The molecule has 0 aliphatic heterocycles. The summed E-state index contributed by atoms with van der Waals surface area (Å²) in [5, 5.41) is 6.74. The van der Waals surface area contributed by atoms with E-state index in [9.17, 15) is 0 Å². The van der Waals surface area contributed by atoms with E-state index in [0.29, 0.717) is 12.0 Å². The summed E-state index contributed by atoms with van der Waals surface area (Å²) in [7, 11) is 0. The Labute approximate surface area is 144 Å². The van der Waals surface area contributed by atoms with Crippen molar-refractivity contribution >= 4 is 5.96 Å². The Morgan fingerprint density at radius 1 is 1.09 bits per heavy atom. The number of aliphatic imine (C=N–C) groups is 1. The normalized spacial score (nSPS) is 13.7. The Hall–Kier alpha value is -0.810. The second-order valence-corrected chi connectivity index (χ2v) is 6.09. The van der Waals surface area contributed by atoms with Crippen molar-refractivity contribution in [3.63, 3.8) is 0 Å². The molecule has 0 heterocycles. The van der Waals surface area contributed by atoms with Gasteiger partial charge in [-0.15, -0.1) is 0 Å². The van der Waals surface area contributed by atoms with Gasteiger partial charge in [0.25, 0.3) is 0 Å². The molecule has 0 saturated carbocycles. The lowest BCUT2D eigenvalue weighted by Gasteiger charge is -2.21. The molecule has 5 nitrogen and oxygen atoms in total. The first-order chi connectivity index (χ1) is 11.1. The lowest BCUT2D eigenvalue weighted by atomic mass is 10.0. The lowest BCUT2D eigenvalue weighted by Crippen LogP contribution is -2.39. The van der Waals surface area contributed by atoms with Crippen molar-refractivity contribution in [1.82, 2.24) is 15.5 Å². The van der Waals surface area contributed by atoms with E-state index in [0.717, 1.165) is 64.7 Å². The third-order valence-corrected chi connectivity index (χ3v) is 3.99. The van der Waals surface area contributed by atoms with Crippen molar-refractivity contribution in [2.24, 2.45) is 10.9 Å². The molecule has 0 aromatic carbocycles. The van der Waals surface area contributed by atoms with Gasteiger partial charge in [-0.3, -0.25) is 4.99 Å². The molecular weight excluding hydrogens is 288 g/mol. The van der Waals surface area contributed by atoms with Gasteiger partial charge in [0.2, 0.25) is 0 Å². The molecule has 0 spiro atoms. The Morgan fingerprint density at radius 2 is 1.78 bits per heavy atom. The first-order valence-electron chi connectivity index (χ1n) is 9.44. The molecule has 1 atom stereocenters. The molecule has 1 unspecified atom stereocenters. The van der Waals surface area contributed by atoms with Gasteiger partial charge in [-0.2, -0.15) is 0 Å². The SMILES string of the molecule is CCNC(=NCCCN(CC)CC)NCCC(OCC)C(C)C. The number of nitrogens with one attached hydrogen (secondary N) is 2. The highest BCUT2D eigenvalue weighted by Gasteiger charge is 2.12. The first-order valence-corrected chi connectivity index (χ1v) is 9.44. The number of nitrogens with zero attached hydrogens (tertiary/aromatic N) is 2. The number of hydrogen-bond donors (Lipinski definition) is 2. The highest BCUT2D eigenvalue weighted by atomic mass is 16.5. The maximum absolute atomic E-state index is 5.79. The maximum atomic E-state index is 5.79. The average molecular weight is 329 g/mol. The van der Waals surface area contributed by atoms with Crippen LogP contribution in [0.3, 0.4) is 0 Å². The summed E-state index contributed by atoms with van der Waals surface area (Å²) in [6.45, 7) is 19.8. The smallest absolute Gasteiger partial charge is 0.191 e. The number of guanidine groups is 1. The van der Waals surface area contributed by atoms with Crippen molar-refractivity contribution < 1.29 is 4.74 Å². The van der Waals surface area contributed by atoms with Crippen LogP contribution in [0.4, 0.5) is 0 Å². The molecule has 0 saturated heterocycles.